The molecule has 1 heterocycles. The molecule has 0 aliphatic heterocycles. The fraction of sp³-hybridized carbons (Fsp3) is 0. The summed E-state index contributed by atoms with van der Waals surface area (Å²) >= 11 is 0. The number of rotatable bonds is 5. The lowest BCUT2D eigenvalue weighted by Gasteiger charge is -2.09. The Kier molecular flexibility index (Phi) is 4.82. The number of imidazole rings is 1. The third kappa shape index (κ3) is 3.60. The number of carbonyl (C=O) groups excluding carboxylic acids is 1. The van der Waals surface area contributed by atoms with Crippen molar-refractivity contribution >= 4 is 15.8 Å². The van der Waals surface area contributed by atoms with Gasteiger partial charge in [0.15, 0.2) is 5.82 Å². The average Bonchev–Trinajstić information content (AvgIpc) is 3.21. The third-order valence-electron chi connectivity index (χ3n) is 4.35. The van der Waals surface area contributed by atoms with Crippen LogP contribution in [0.15, 0.2) is 96.0 Å². The van der Waals surface area contributed by atoms with Crippen LogP contribution in [-0.4, -0.2) is 23.2 Å². The number of hydrogen-bond acceptors (Lipinski definition) is 4. The molecular weight excluding hydrogens is 391 g/mol. The minimum Gasteiger partial charge on any atom is -0.287 e. The van der Waals surface area contributed by atoms with E-state index in [2.05, 4.69) is 4.98 Å². The van der Waals surface area contributed by atoms with Gasteiger partial charge in [0.2, 0.25) is 5.78 Å². The van der Waals surface area contributed by atoms with Gasteiger partial charge in [0.1, 0.15) is 11.5 Å². The van der Waals surface area contributed by atoms with Gasteiger partial charge in [-0.05, 0) is 36.4 Å². The summed E-state index contributed by atoms with van der Waals surface area (Å²) in [4.78, 5) is 17.2. The molecule has 0 radical (unpaired) electrons. The normalized spacial score (nSPS) is 11.3. The SMILES string of the molecule is O=C(c1ccc(F)cc1)c1cn(S(=O)(=O)c2ccccc2)c(-c2ccccc2)n1. The Morgan fingerprint density at radius 1 is 0.828 bits per heavy atom. The summed E-state index contributed by atoms with van der Waals surface area (Å²) in [5.41, 5.74) is 0.716. The van der Waals surface area contributed by atoms with E-state index in [0.29, 0.717) is 5.56 Å². The predicted octanol–water partition coefficient (Wildman–Crippen LogP) is 4.16. The van der Waals surface area contributed by atoms with Crippen LogP contribution >= 0.6 is 0 Å². The molecule has 3 aromatic carbocycles. The first kappa shape index (κ1) is 18.8. The lowest BCUT2D eigenvalue weighted by atomic mass is 10.1. The Labute approximate surface area is 167 Å². The molecule has 0 N–H and O–H groups in total. The number of ketones is 1. The zero-order valence-electron chi connectivity index (χ0n) is 15.1. The van der Waals surface area contributed by atoms with E-state index in [9.17, 15) is 17.6 Å². The second-order valence-corrected chi connectivity index (χ2v) is 8.08. The Morgan fingerprint density at radius 2 is 1.41 bits per heavy atom. The van der Waals surface area contributed by atoms with E-state index >= 15 is 0 Å². The first-order valence-electron chi connectivity index (χ1n) is 8.72. The van der Waals surface area contributed by atoms with Gasteiger partial charge in [0, 0.05) is 11.1 Å². The smallest absolute Gasteiger partial charge is 0.269 e. The van der Waals surface area contributed by atoms with Crippen LogP contribution < -0.4 is 0 Å². The molecule has 0 spiro atoms. The molecule has 4 aromatic rings. The summed E-state index contributed by atoms with van der Waals surface area (Å²) in [5.74, 6) is -0.840. The van der Waals surface area contributed by atoms with E-state index < -0.39 is 21.6 Å². The molecule has 0 atom stereocenters. The molecule has 29 heavy (non-hydrogen) atoms. The quantitative estimate of drug-likeness (QED) is 0.467. The highest BCUT2D eigenvalue weighted by Gasteiger charge is 2.25. The highest BCUT2D eigenvalue weighted by atomic mass is 32.2. The summed E-state index contributed by atoms with van der Waals surface area (Å²) in [5, 5.41) is 0. The predicted molar refractivity (Wildman–Crippen MR) is 107 cm³/mol. The first-order valence-corrected chi connectivity index (χ1v) is 10.2. The van der Waals surface area contributed by atoms with E-state index in [-0.39, 0.29) is 22.0 Å². The molecule has 144 valence electrons. The highest BCUT2D eigenvalue weighted by Crippen LogP contribution is 2.25. The topological polar surface area (TPSA) is 69.0 Å². The molecule has 0 unspecified atom stereocenters. The molecule has 5 nitrogen and oxygen atoms in total. The standard InChI is InChI=1S/C22H15FN2O3S/c23-18-13-11-16(12-14-18)21(26)20-15-25(22(24-20)17-7-3-1-4-8-17)29(27,28)19-9-5-2-6-10-19/h1-15H. The molecule has 0 saturated carbocycles. The number of halogens is 1. The van der Waals surface area contributed by atoms with Crippen LogP contribution in [0.5, 0.6) is 0 Å². The minimum atomic E-state index is -3.98. The average molecular weight is 406 g/mol. The lowest BCUT2D eigenvalue weighted by Crippen LogP contribution is -2.13. The Bertz CT molecular complexity index is 1270. The Balaban J connectivity index is 1.88. The van der Waals surface area contributed by atoms with E-state index in [4.69, 9.17) is 0 Å². The maximum atomic E-state index is 13.2. The van der Waals surface area contributed by atoms with Crippen molar-refractivity contribution in [2.24, 2.45) is 0 Å². The van der Waals surface area contributed by atoms with Gasteiger partial charge in [-0.25, -0.2) is 21.8 Å². The first-order chi connectivity index (χ1) is 14.0. The summed E-state index contributed by atoms with van der Waals surface area (Å²) in [6.45, 7) is 0. The molecule has 7 heteroatoms. The maximum Gasteiger partial charge on any atom is 0.269 e. The van der Waals surface area contributed by atoms with Crippen LogP contribution in [0.1, 0.15) is 16.1 Å². The number of nitrogens with zero attached hydrogens (tertiary/aromatic N) is 2. The third-order valence-corrected chi connectivity index (χ3v) is 6.01. The fourth-order valence-corrected chi connectivity index (χ4v) is 4.23. The van der Waals surface area contributed by atoms with Gasteiger partial charge in [-0.3, -0.25) is 4.79 Å². The number of carbonyl (C=O) groups is 1. The minimum absolute atomic E-state index is 0.0463. The Morgan fingerprint density at radius 3 is 2.03 bits per heavy atom. The summed E-state index contributed by atoms with van der Waals surface area (Å²) in [6, 6.07) is 21.7. The van der Waals surface area contributed by atoms with Crippen molar-refractivity contribution in [2.75, 3.05) is 0 Å². The van der Waals surface area contributed by atoms with Crippen LogP contribution in [0.25, 0.3) is 11.4 Å². The lowest BCUT2D eigenvalue weighted by molar-refractivity contribution is 0.103. The van der Waals surface area contributed by atoms with Crippen molar-refractivity contribution in [1.82, 2.24) is 8.96 Å². The zero-order valence-corrected chi connectivity index (χ0v) is 15.9. The summed E-state index contributed by atoms with van der Waals surface area (Å²) < 4.78 is 40.6. The second kappa shape index (κ2) is 7.44. The number of benzene rings is 3. The van der Waals surface area contributed by atoms with Crippen LogP contribution in [0.2, 0.25) is 0 Å². The van der Waals surface area contributed by atoms with Crippen LogP contribution in [-0.2, 0) is 10.0 Å². The highest BCUT2D eigenvalue weighted by molar-refractivity contribution is 7.90. The second-order valence-electron chi connectivity index (χ2n) is 6.27. The molecule has 1 aromatic heterocycles. The van der Waals surface area contributed by atoms with E-state index in [1.54, 1.807) is 48.5 Å². The van der Waals surface area contributed by atoms with Gasteiger partial charge in [-0.1, -0.05) is 48.5 Å². The van der Waals surface area contributed by atoms with Crippen LogP contribution in [0.3, 0.4) is 0 Å². The van der Waals surface area contributed by atoms with Gasteiger partial charge in [-0.15, -0.1) is 0 Å². The maximum absolute atomic E-state index is 13.2. The van der Waals surface area contributed by atoms with Gasteiger partial charge in [0.25, 0.3) is 10.0 Å². The monoisotopic (exact) mass is 406 g/mol. The van der Waals surface area contributed by atoms with Crippen molar-refractivity contribution < 1.29 is 17.6 Å². The van der Waals surface area contributed by atoms with E-state index in [1.165, 1.54) is 42.6 Å². The van der Waals surface area contributed by atoms with E-state index in [0.717, 1.165) is 3.97 Å². The van der Waals surface area contributed by atoms with Crippen molar-refractivity contribution in [1.29, 1.82) is 0 Å². The number of aromatic nitrogens is 2. The van der Waals surface area contributed by atoms with Gasteiger partial charge in [-0.2, -0.15) is 0 Å². The zero-order chi connectivity index (χ0) is 20.4. The fourth-order valence-electron chi connectivity index (χ4n) is 2.89. The molecule has 0 amide bonds. The summed E-state index contributed by atoms with van der Waals surface area (Å²) in [7, 11) is -3.98. The molecule has 4 rings (SSSR count). The Hall–Kier alpha value is -3.58. The van der Waals surface area contributed by atoms with Gasteiger partial charge < -0.3 is 0 Å². The molecule has 0 fully saturated rings. The van der Waals surface area contributed by atoms with Crippen molar-refractivity contribution in [3.05, 3.63) is 108 Å². The largest absolute Gasteiger partial charge is 0.287 e. The van der Waals surface area contributed by atoms with Crippen LogP contribution in [0, 0.1) is 5.82 Å². The molecule has 0 bridgehead atoms. The van der Waals surface area contributed by atoms with E-state index in [1.807, 2.05) is 0 Å². The summed E-state index contributed by atoms with van der Waals surface area (Å²) in [6.07, 6.45) is 1.20. The molecule has 0 aliphatic rings. The molecule has 0 saturated heterocycles. The van der Waals surface area contributed by atoms with Crippen molar-refractivity contribution in [3.63, 3.8) is 0 Å². The number of hydrogen-bond donors (Lipinski definition) is 0. The van der Waals surface area contributed by atoms with Gasteiger partial charge >= 0.3 is 0 Å². The molecular formula is C22H15FN2O3S. The van der Waals surface area contributed by atoms with Crippen molar-refractivity contribution in [3.8, 4) is 11.4 Å². The molecule has 0 aliphatic carbocycles. The van der Waals surface area contributed by atoms with Crippen molar-refractivity contribution in [2.45, 2.75) is 4.90 Å². The van der Waals surface area contributed by atoms with Crippen LogP contribution in [0.4, 0.5) is 4.39 Å². The van der Waals surface area contributed by atoms with Gasteiger partial charge in [0.05, 0.1) is 11.1 Å².